The average molecular weight is 439 g/mol. The molecular weight excluding hydrogens is 416 g/mol. The van der Waals surface area contributed by atoms with E-state index in [-0.39, 0.29) is 23.1 Å². The van der Waals surface area contributed by atoms with Crippen LogP contribution < -0.4 is 0 Å². The van der Waals surface area contributed by atoms with E-state index in [1.165, 1.54) is 17.2 Å². The van der Waals surface area contributed by atoms with Crippen molar-refractivity contribution in [2.45, 2.75) is 43.0 Å². The van der Waals surface area contributed by atoms with Gasteiger partial charge in [0.25, 0.3) is 10.0 Å². The van der Waals surface area contributed by atoms with Crippen LogP contribution in [-0.2, 0) is 32.4 Å². The molecule has 0 saturated carbocycles. The second kappa shape index (κ2) is 7.60. The molecule has 5 rings (SSSR count). The van der Waals surface area contributed by atoms with E-state index in [0.717, 1.165) is 19.3 Å². The molecule has 1 atom stereocenters. The molecule has 0 bridgehead atoms. The molecule has 7 nitrogen and oxygen atoms in total. The predicted molar refractivity (Wildman–Crippen MR) is 114 cm³/mol. The van der Waals surface area contributed by atoms with E-state index in [1.807, 2.05) is 12.1 Å². The Morgan fingerprint density at radius 3 is 2.74 bits per heavy atom. The Bertz CT molecular complexity index is 1220. The largest absolute Gasteiger partial charge is 0.456 e. The van der Waals surface area contributed by atoms with Crippen LogP contribution in [0.2, 0.25) is 0 Å². The van der Waals surface area contributed by atoms with Crippen molar-refractivity contribution in [1.29, 1.82) is 0 Å². The second-order valence-electron chi connectivity index (χ2n) is 8.11. The maximum absolute atomic E-state index is 12.8. The summed E-state index contributed by atoms with van der Waals surface area (Å²) in [5.41, 5.74) is 3.52. The molecule has 0 radical (unpaired) electrons. The summed E-state index contributed by atoms with van der Waals surface area (Å²) < 4.78 is 34.0. The van der Waals surface area contributed by atoms with Crippen molar-refractivity contribution in [1.82, 2.24) is 4.90 Å². The quantitative estimate of drug-likeness (QED) is 0.538. The molecule has 0 aromatic heterocycles. The van der Waals surface area contributed by atoms with Gasteiger partial charge in [-0.3, -0.25) is 4.79 Å². The zero-order valence-corrected chi connectivity index (χ0v) is 17.7. The van der Waals surface area contributed by atoms with Gasteiger partial charge in [0.15, 0.2) is 18.2 Å². The Morgan fingerprint density at radius 2 is 1.87 bits per heavy atom. The number of esters is 1. The van der Waals surface area contributed by atoms with Crippen LogP contribution >= 0.6 is 0 Å². The molecule has 2 heterocycles. The summed E-state index contributed by atoms with van der Waals surface area (Å²) >= 11 is 0. The highest BCUT2D eigenvalue weighted by molar-refractivity contribution is 7.90. The standard InChI is InChI=1S/C23H22N2O5S/c26-20(17-11-10-15-5-3-6-16(15)13-17)14-30-23(27)19-8-4-12-25(19)22-18-7-1-2-9-21(18)31(28,29)24-22/h1-2,7,9-11,13,19H,3-6,8,12,14H2/t19-/m0/s1. The van der Waals surface area contributed by atoms with E-state index in [2.05, 4.69) is 4.40 Å². The summed E-state index contributed by atoms with van der Waals surface area (Å²) in [6, 6.07) is 11.6. The third kappa shape index (κ3) is 3.54. The number of hydrogen-bond acceptors (Lipinski definition) is 6. The summed E-state index contributed by atoms with van der Waals surface area (Å²) in [5, 5.41) is 0. The normalized spacial score (nSPS) is 20.8. The van der Waals surface area contributed by atoms with Crippen LogP contribution in [0.4, 0.5) is 0 Å². The first kappa shape index (κ1) is 19.9. The number of ether oxygens (including phenoxy) is 1. The number of benzene rings is 2. The number of fused-ring (bicyclic) bond motifs is 2. The van der Waals surface area contributed by atoms with Crippen LogP contribution in [0.3, 0.4) is 0 Å². The molecular formula is C23H22N2O5S. The van der Waals surface area contributed by atoms with Crippen molar-refractivity contribution in [3.63, 3.8) is 0 Å². The summed E-state index contributed by atoms with van der Waals surface area (Å²) in [6.07, 6.45) is 4.34. The molecule has 1 aliphatic carbocycles. The molecule has 1 saturated heterocycles. The number of carbonyl (C=O) groups is 2. The molecule has 2 aromatic carbocycles. The summed E-state index contributed by atoms with van der Waals surface area (Å²) in [7, 11) is -3.77. The molecule has 8 heteroatoms. The number of ketones is 1. The molecule has 2 aromatic rings. The van der Waals surface area contributed by atoms with Gasteiger partial charge in [0.05, 0.1) is 0 Å². The maximum atomic E-state index is 12.8. The van der Waals surface area contributed by atoms with Gasteiger partial charge in [-0.25, -0.2) is 4.79 Å². The maximum Gasteiger partial charge on any atom is 0.329 e. The number of Topliss-reactive ketones (excluding diaryl/α,β-unsaturated/α-hetero) is 1. The molecule has 0 spiro atoms. The summed E-state index contributed by atoms with van der Waals surface area (Å²) in [6.45, 7) is 0.171. The van der Waals surface area contributed by atoms with Crippen molar-refractivity contribution >= 4 is 27.6 Å². The number of sulfonamides is 1. The summed E-state index contributed by atoms with van der Waals surface area (Å²) in [4.78, 5) is 27.2. The van der Waals surface area contributed by atoms with Crippen molar-refractivity contribution < 1.29 is 22.7 Å². The first-order valence-corrected chi connectivity index (χ1v) is 11.9. The van der Waals surface area contributed by atoms with Gasteiger partial charge in [-0.15, -0.1) is 4.40 Å². The Hall–Kier alpha value is -3.00. The van der Waals surface area contributed by atoms with Crippen LogP contribution in [-0.4, -0.2) is 50.1 Å². The highest BCUT2D eigenvalue weighted by Gasteiger charge is 2.40. The Morgan fingerprint density at radius 1 is 1.06 bits per heavy atom. The van der Waals surface area contributed by atoms with Gasteiger partial charge in [-0.05, 0) is 61.4 Å². The zero-order chi connectivity index (χ0) is 21.6. The first-order valence-electron chi connectivity index (χ1n) is 10.5. The average Bonchev–Trinajstić information content (AvgIpc) is 3.49. The third-order valence-electron chi connectivity index (χ3n) is 6.18. The van der Waals surface area contributed by atoms with E-state index in [4.69, 9.17) is 4.74 Å². The zero-order valence-electron chi connectivity index (χ0n) is 16.9. The number of amidine groups is 1. The molecule has 2 aliphatic heterocycles. The highest BCUT2D eigenvalue weighted by Crippen LogP contribution is 2.31. The molecule has 3 aliphatic rings. The lowest BCUT2D eigenvalue weighted by molar-refractivity contribution is -0.146. The molecule has 0 amide bonds. The van der Waals surface area contributed by atoms with Gasteiger partial charge >= 0.3 is 5.97 Å². The number of hydrogen-bond donors (Lipinski definition) is 0. The minimum atomic E-state index is -3.77. The van der Waals surface area contributed by atoms with Crippen molar-refractivity contribution in [3.8, 4) is 0 Å². The number of aryl methyl sites for hydroxylation is 2. The first-order chi connectivity index (χ1) is 14.9. The smallest absolute Gasteiger partial charge is 0.329 e. The molecule has 160 valence electrons. The fraction of sp³-hybridized carbons (Fsp3) is 0.348. The third-order valence-corrected chi connectivity index (χ3v) is 7.50. The lowest BCUT2D eigenvalue weighted by Gasteiger charge is -2.24. The van der Waals surface area contributed by atoms with Gasteiger partial charge in [0.2, 0.25) is 0 Å². The van der Waals surface area contributed by atoms with Crippen molar-refractivity contribution in [3.05, 3.63) is 64.7 Å². The van der Waals surface area contributed by atoms with Gasteiger partial charge < -0.3 is 9.64 Å². The monoisotopic (exact) mass is 438 g/mol. The Balaban J connectivity index is 1.29. The lowest BCUT2D eigenvalue weighted by atomic mass is 10.0. The topological polar surface area (TPSA) is 93.1 Å². The number of nitrogens with zero attached hydrogens (tertiary/aromatic N) is 2. The molecule has 0 N–H and O–H groups in total. The van der Waals surface area contributed by atoms with Crippen molar-refractivity contribution in [2.24, 2.45) is 4.40 Å². The van der Waals surface area contributed by atoms with Crippen LogP contribution in [0.25, 0.3) is 0 Å². The van der Waals surface area contributed by atoms with Crippen LogP contribution in [0, 0.1) is 0 Å². The van der Waals surface area contributed by atoms with Gasteiger partial charge in [0, 0.05) is 17.7 Å². The van der Waals surface area contributed by atoms with Crippen molar-refractivity contribution in [2.75, 3.05) is 13.2 Å². The van der Waals surface area contributed by atoms with E-state index in [9.17, 15) is 18.0 Å². The lowest BCUT2D eigenvalue weighted by Crippen LogP contribution is -2.41. The minimum absolute atomic E-state index is 0.149. The highest BCUT2D eigenvalue weighted by atomic mass is 32.2. The van der Waals surface area contributed by atoms with Crippen LogP contribution in [0.15, 0.2) is 51.8 Å². The minimum Gasteiger partial charge on any atom is -0.456 e. The van der Waals surface area contributed by atoms with E-state index in [0.29, 0.717) is 30.5 Å². The number of likely N-dealkylation sites (tertiary alicyclic amines) is 1. The molecule has 1 fully saturated rings. The van der Waals surface area contributed by atoms with E-state index >= 15 is 0 Å². The Labute approximate surface area is 180 Å². The SMILES string of the molecule is O=C(COC(=O)[C@@H]1CCCN1C1=NS(=O)(=O)c2ccccc21)c1ccc2c(c1)CCC2. The number of rotatable bonds is 4. The van der Waals surface area contributed by atoms with Crippen LogP contribution in [0.1, 0.15) is 46.3 Å². The van der Waals surface area contributed by atoms with E-state index in [1.54, 1.807) is 29.2 Å². The summed E-state index contributed by atoms with van der Waals surface area (Å²) in [5.74, 6) is -0.491. The fourth-order valence-electron chi connectivity index (χ4n) is 4.62. The van der Waals surface area contributed by atoms with Gasteiger partial charge in [0.1, 0.15) is 10.9 Å². The molecule has 0 unspecified atom stereocenters. The van der Waals surface area contributed by atoms with Gasteiger partial charge in [-0.1, -0.05) is 24.3 Å². The fourth-order valence-corrected chi connectivity index (χ4v) is 5.84. The van der Waals surface area contributed by atoms with Crippen LogP contribution in [0.5, 0.6) is 0 Å². The molecule has 31 heavy (non-hydrogen) atoms. The van der Waals surface area contributed by atoms with E-state index < -0.39 is 22.0 Å². The predicted octanol–water partition coefficient (Wildman–Crippen LogP) is 2.51. The second-order valence-corrected chi connectivity index (χ2v) is 9.68. The Kier molecular flexibility index (Phi) is 4.89. The van der Waals surface area contributed by atoms with Gasteiger partial charge in [-0.2, -0.15) is 8.42 Å². The number of carbonyl (C=O) groups excluding carboxylic acids is 2.